The van der Waals surface area contributed by atoms with Gasteiger partial charge in [0.2, 0.25) is 0 Å². The number of rotatable bonds is 7. The summed E-state index contributed by atoms with van der Waals surface area (Å²) in [5.41, 5.74) is 0.833. The van der Waals surface area contributed by atoms with E-state index in [0.29, 0.717) is 12.8 Å². The van der Waals surface area contributed by atoms with Crippen LogP contribution in [0.1, 0.15) is 6.92 Å². The van der Waals surface area contributed by atoms with Gasteiger partial charge in [-0.05, 0) is 41.6 Å². The third-order valence-electron chi connectivity index (χ3n) is 5.26. The molecule has 3 aromatic rings. The molecule has 4 rings (SSSR count). The minimum absolute atomic E-state index is 0.293. The molecule has 0 radical (unpaired) electrons. The second-order valence-corrected chi connectivity index (χ2v) is 15.7. The lowest BCUT2D eigenvalue weighted by Crippen LogP contribution is -2.44. The van der Waals surface area contributed by atoms with Gasteiger partial charge in [0.05, 0.1) is 37.0 Å². The summed E-state index contributed by atoms with van der Waals surface area (Å²) >= 11 is 2.37. The van der Waals surface area contributed by atoms with Crippen molar-refractivity contribution in [3.8, 4) is 5.82 Å². The number of fused-ring (bicyclic) bond motifs is 1. The summed E-state index contributed by atoms with van der Waals surface area (Å²) in [5, 5.41) is 10.1. The maximum Gasteiger partial charge on any atom is 0.168 e. The summed E-state index contributed by atoms with van der Waals surface area (Å²) in [6, 6.07) is 5.51. The lowest BCUT2D eigenvalue weighted by molar-refractivity contribution is 0.0782. The topological polar surface area (TPSA) is 70.2 Å². The van der Waals surface area contributed by atoms with Gasteiger partial charge in [0.15, 0.2) is 11.5 Å². The van der Waals surface area contributed by atoms with E-state index >= 15 is 0 Å². The number of hydrogen-bond acceptors (Lipinski definition) is 6. The smallest absolute Gasteiger partial charge is 0.168 e. The van der Waals surface area contributed by atoms with Crippen LogP contribution in [-0.4, -0.2) is 65.0 Å². The Morgan fingerprint density at radius 2 is 2.13 bits per heavy atom. The monoisotopic (exact) mass is 540 g/mol. The van der Waals surface area contributed by atoms with E-state index in [1.54, 1.807) is 6.20 Å². The Hall–Kier alpha value is -1.50. The molecule has 1 aliphatic heterocycles. The van der Waals surface area contributed by atoms with Gasteiger partial charge < -0.3 is 14.4 Å². The molecule has 162 valence electrons. The normalized spacial score (nSPS) is 17.8. The Labute approximate surface area is 191 Å². The molecule has 1 saturated heterocycles. The second kappa shape index (κ2) is 8.93. The standard InChI is InChI=1S/C20H29IN6O2Si/c1-15-13-28-8-7-25(15)18-11-17(21)16-12-23-27(20(16)24-18)19-5-6-22-26(19)14-29-9-10-30(2,3)4/h5-6,11-12,15H,7-10,13-14H2,1-4H3. The van der Waals surface area contributed by atoms with E-state index in [1.165, 1.54) is 0 Å². The fraction of sp³-hybridized carbons (Fsp3) is 0.550. The van der Waals surface area contributed by atoms with Crippen molar-refractivity contribution in [3.05, 3.63) is 28.1 Å². The first-order chi connectivity index (χ1) is 14.3. The fourth-order valence-corrected chi connectivity index (χ4v) is 4.88. The number of ether oxygens (including phenoxy) is 2. The van der Waals surface area contributed by atoms with Gasteiger partial charge in [0.25, 0.3) is 0 Å². The van der Waals surface area contributed by atoms with E-state index in [0.717, 1.165) is 58.6 Å². The molecule has 3 aromatic heterocycles. The van der Waals surface area contributed by atoms with Crippen LogP contribution in [0.4, 0.5) is 5.82 Å². The van der Waals surface area contributed by atoms with Crippen LogP contribution in [0, 0.1) is 3.57 Å². The molecule has 4 heterocycles. The zero-order valence-corrected chi connectivity index (χ0v) is 21.2. The number of hydrogen-bond donors (Lipinski definition) is 0. The summed E-state index contributed by atoms with van der Waals surface area (Å²) in [7, 11) is -1.11. The molecule has 0 bridgehead atoms. The van der Waals surface area contributed by atoms with Crippen LogP contribution < -0.4 is 4.90 Å². The van der Waals surface area contributed by atoms with E-state index in [1.807, 2.05) is 21.6 Å². The molecule has 0 saturated carbocycles. The fourth-order valence-electron chi connectivity index (χ4n) is 3.47. The number of halogens is 1. The van der Waals surface area contributed by atoms with Crippen molar-refractivity contribution < 1.29 is 9.47 Å². The van der Waals surface area contributed by atoms with Gasteiger partial charge in [0, 0.05) is 30.9 Å². The van der Waals surface area contributed by atoms with Crippen molar-refractivity contribution in [1.29, 1.82) is 0 Å². The average Bonchev–Trinajstić information content (AvgIpc) is 3.31. The molecule has 0 aromatic carbocycles. The third kappa shape index (κ3) is 4.71. The van der Waals surface area contributed by atoms with E-state index in [2.05, 4.69) is 70.3 Å². The van der Waals surface area contributed by atoms with Gasteiger partial charge in [-0.15, -0.1) is 0 Å². The maximum atomic E-state index is 5.91. The van der Waals surface area contributed by atoms with Crippen LogP contribution in [0.2, 0.25) is 25.7 Å². The van der Waals surface area contributed by atoms with E-state index < -0.39 is 8.07 Å². The van der Waals surface area contributed by atoms with Crippen LogP contribution in [-0.2, 0) is 16.2 Å². The first-order valence-corrected chi connectivity index (χ1v) is 15.1. The van der Waals surface area contributed by atoms with Crippen molar-refractivity contribution in [2.45, 2.75) is 45.4 Å². The molecule has 1 atom stereocenters. The molecule has 0 amide bonds. The molecular formula is C20H29IN6O2Si. The van der Waals surface area contributed by atoms with E-state index in [9.17, 15) is 0 Å². The molecule has 30 heavy (non-hydrogen) atoms. The Bertz CT molecular complexity index is 1010. The minimum atomic E-state index is -1.11. The van der Waals surface area contributed by atoms with Crippen LogP contribution >= 0.6 is 22.6 Å². The number of nitrogens with zero attached hydrogens (tertiary/aromatic N) is 6. The highest BCUT2D eigenvalue weighted by molar-refractivity contribution is 14.1. The minimum Gasteiger partial charge on any atom is -0.377 e. The third-order valence-corrected chi connectivity index (χ3v) is 7.86. The van der Waals surface area contributed by atoms with Gasteiger partial charge in [-0.25, -0.2) is 9.67 Å². The summed E-state index contributed by atoms with van der Waals surface area (Å²) in [6.45, 7) is 12.7. The highest BCUT2D eigenvalue weighted by atomic mass is 127. The van der Waals surface area contributed by atoms with Crippen LogP contribution in [0.25, 0.3) is 16.9 Å². The van der Waals surface area contributed by atoms with Crippen molar-refractivity contribution in [2.75, 3.05) is 31.3 Å². The predicted octanol–water partition coefficient (Wildman–Crippen LogP) is 3.76. The molecule has 1 fully saturated rings. The number of morpholine rings is 1. The average molecular weight is 540 g/mol. The Kier molecular flexibility index (Phi) is 6.46. The van der Waals surface area contributed by atoms with Crippen molar-refractivity contribution >= 4 is 47.5 Å². The highest BCUT2D eigenvalue weighted by Crippen LogP contribution is 2.27. The molecule has 8 nitrogen and oxygen atoms in total. The molecule has 0 aliphatic carbocycles. The summed E-state index contributed by atoms with van der Waals surface area (Å²) in [5.74, 6) is 1.82. The van der Waals surface area contributed by atoms with Crippen LogP contribution in [0.5, 0.6) is 0 Å². The van der Waals surface area contributed by atoms with Gasteiger partial charge in [-0.1, -0.05) is 19.6 Å². The molecule has 0 spiro atoms. The van der Waals surface area contributed by atoms with Crippen molar-refractivity contribution in [1.82, 2.24) is 24.5 Å². The van der Waals surface area contributed by atoms with Gasteiger partial charge in [-0.2, -0.15) is 14.9 Å². The van der Waals surface area contributed by atoms with E-state index in [-0.39, 0.29) is 0 Å². The van der Waals surface area contributed by atoms with Gasteiger partial charge in [0.1, 0.15) is 12.5 Å². The largest absolute Gasteiger partial charge is 0.377 e. The Morgan fingerprint density at radius 1 is 1.30 bits per heavy atom. The lowest BCUT2D eigenvalue weighted by atomic mass is 10.2. The predicted molar refractivity (Wildman–Crippen MR) is 129 cm³/mol. The summed E-state index contributed by atoms with van der Waals surface area (Å²) in [4.78, 5) is 7.29. The first kappa shape index (κ1) is 21.7. The van der Waals surface area contributed by atoms with Crippen molar-refractivity contribution in [2.24, 2.45) is 0 Å². The number of aromatic nitrogens is 5. The zero-order valence-electron chi connectivity index (χ0n) is 18.0. The van der Waals surface area contributed by atoms with Gasteiger partial charge >= 0.3 is 0 Å². The summed E-state index contributed by atoms with van der Waals surface area (Å²) < 4.78 is 16.3. The van der Waals surface area contributed by atoms with Crippen molar-refractivity contribution in [3.63, 3.8) is 0 Å². The SMILES string of the molecule is CC1COCCN1c1cc(I)c2cnn(-c3ccnn3COCC[Si](C)(C)C)c2n1. The Balaban J connectivity index is 1.62. The highest BCUT2D eigenvalue weighted by Gasteiger charge is 2.23. The van der Waals surface area contributed by atoms with Crippen LogP contribution in [0.3, 0.4) is 0 Å². The molecule has 1 aliphatic rings. The van der Waals surface area contributed by atoms with Gasteiger partial charge in [-0.3, -0.25) is 0 Å². The lowest BCUT2D eigenvalue weighted by Gasteiger charge is -2.34. The maximum absolute atomic E-state index is 5.91. The Morgan fingerprint density at radius 3 is 2.90 bits per heavy atom. The molecule has 1 unspecified atom stereocenters. The quantitative estimate of drug-likeness (QED) is 0.258. The second-order valence-electron chi connectivity index (χ2n) is 8.91. The molecule has 10 heteroatoms. The molecule has 0 N–H and O–H groups in total. The number of anilines is 1. The van der Waals surface area contributed by atoms with E-state index in [4.69, 9.17) is 14.5 Å². The summed E-state index contributed by atoms with van der Waals surface area (Å²) in [6.07, 6.45) is 3.66. The van der Waals surface area contributed by atoms with Crippen LogP contribution in [0.15, 0.2) is 24.5 Å². The first-order valence-electron chi connectivity index (χ1n) is 10.3. The molecular weight excluding hydrogens is 511 g/mol. The zero-order chi connectivity index (χ0) is 21.3. The number of pyridine rings is 1.